The summed E-state index contributed by atoms with van der Waals surface area (Å²) in [5.74, 6) is 0.256. The van der Waals surface area contributed by atoms with Crippen LogP contribution in [0.15, 0.2) is 10.9 Å². The summed E-state index contributed by atoms with van der Waals surface area (Å²) in [7, 11) is 1.66. The van der Waals surface area contributed by atoms with Gasteiger partial charge >= 0.3 is 0 Å². The van der Waals surface area contributed by atoms with Crippen molar-refractivity contribution in [2.75, 3.05) is 11.9 Å². The Labute approximate surface area is 115 Å². The molecule has 0 spiro atoms. The largest absolute Gasteiger partial charge is 0.360 e. The summed E-state index contributed by atoms with van der Waals surface area (Å²) in [4.78, 5) is 12.1. The van der Waals surface area contributed by atoms with E-state index in [4.69, 9.17) is 0 Å². The standard InChI is InChI=1S/C12H17N5OS/c1-5-13-12-15-14-10(19-12)8-6-9(7(2)3)16-17(4)11(8)18/h6-7H,5H2,1-4H3,(H,13,15). The highest BCUT2D eigenvalue weighted by Crippen LogP contribution is 2.25. The zero-order chi connectivity index (χ0) is 14.0. The van der Waals surface area contributed by atoms with Crippen molar-refractivity contribution >= 4 is 16.5 Å². The number of hydrogen-bond acceptors (Lipinski definition) is 6. The predicted molar refractivity (Wildman–Crippen MR) is 76.6 cm³/mol. The van der Waals surface area contributed by atoms with E-state index < -0.39 is 0 Å². The highest BCUT2D eigenvalue weighted by molar-refractivity contribution is 7.18. The van der Waals surface area contributed by atoms with E-state index in [1.54, 1.807) is 7.05 Å². The zero-order valence-corrected chi connectivity index (χ0v) is 12.3. The number of rotatable bonds is 4. The van der Waals surface area contributed by atoms with Gasteiger partial charge in [0.1, 0.15) is 0 Å². The second-order valence-electron chi connectivity index (χ2n) is 4.51. The van der Waals surface area contributed by atoms with Crippen molar-refractivity contribution in [3.63, 3.8) is 0 Å². The Morgan fingerprint density at radius 1 is 1.42 bits per heavy atom. The molecule has 0 amide bonds. The number of anilines is 1. The van der Waals surface area contributed by atoms with Crippen LogP contribution in [-0.4, -0.2) is 26.5 Å². The topological polar surface area (TPSA) is 72.7 Å². The Morgan fingerprint density at radius 3 is 2.79 bits per heavy atom. The Morgan fingerprint density at radius 2 is 2.16 bits per heavy atom. The maximum atomic E-state index is 12.1. The van der Waals surface area contributed by atoms with Crippen molar-refractivity contribution in [1.82, 2.24) is 20.0 Å². The Hall–Kier alpha value is -1.76. The van der Waals surface area contributed by atoms with E-state index in [-0.39, 0.29) is 11.5 Å². The van der Waals surface area contributed by atoms with Crippen molar-refractivity contribution in [3.8, 4) is 10.6 Å². The van der Waals surface area contributed by atoms with E-state index in [1.807, 2.05) is 26.8 Å². The van der Waals surface area contributed by atoms with Crippen molar-refractivity contribution in [2.45, 2.75) is 26.7 Å². The molecule has 2 rings (SSSR count). The van der Waals surface area contributed by atoms with Crippen molar-refractivity contribution in [2.24, 2.45) is 7.05 Å². The van der Waals surface area contributed by atoms with Crippen LogP contribution in [0, 0.1) is 0 Å². The van der Waals surface area contributed by atoms with Crippen molar-refractivity contribution in [3.05, 3.63) is 22.1 Å². The van der Waals surface area contributed by atoms with Gasteiger partial charge in [0.15, 0.2) is 5.01 Å². The van der Waals surface area contributed by atoms with Crippen LogP contribution in [0.1, 0.15) is 32.4 Å². The lowest BCUT2D eigenvalue weighted by atomic mass is 10.1. The minimum atomic E-state index is -0.149. The number of nitrogens with one attached hydrogen (secondary N) is 1. The summed E-state index contributed by atoms with van der Waals surface area (Å²) in [5.41, 5.74) is 1.28. The van der Waals surface area contributed by atoms with Crippen LogP contribution in [-0.2, 0) is 7.05 Å². The molecular weight excluding hydrogens is 262 g/mol. The Bertz CT molecular complexity index is 631. The van der Waals surface area contributed by atoms with E-state index in [0.29, 0.717) is 10.6 Å². The molecule has 0 atom stereocenters. The van der Waals surface area contributed by atoms with Gasteiger partial charge in [0.25, 0.3) is 5.56 Å². The molecule has 0 radical (unpaired) electrons. The van der Waals surface area contributed by atoms with Crippen LogP contribution < -0.4 is 10.9 Å². The fourth-order valence-electron chi connectivity index (χ4n) is 1.62. The molecule has 2 aromatic heterocycles. The first-order valence-electron chi connectivity index (χ1n) is 6.19. The quantitative estimate of drug-likeness (QED) is 0.924. The fraction of sp³-hybridized carbons (Fsp3) is 0.500. The second kappa shape index (κ2) is 5.48. The van der Waals surface area contributed by atoms with Crippen molar-refractivity contribution in [1.29, 1.82) is 0 Å². The second-order valence-corrected chi connectivity index (χ2v) is 5.49. The van der Waals surface area contributed by atoms with Crippen molar-refractivity contribution < 1.29 is 0 Å². The summed E-state index contributed by atoms with van der Waals surface area (Å²) in [6.45, 7) is 6.85. The number of aryl methyl sites for hydroxylation is 1. The molecule has 0 bridgehead atoms. The molecule has 2 aromatic rings. The van der Waals surface area contributed by atoms with Crippen LogP contribution in [0.3, 0.4) is 0 Å². The zero-order valence-electron chi connectivity index (χ0n) is 11.5. The first-order valence-corrected chi connectivity index (χ1v) is 7.00. The summed E-state index contributed by atoms with van der Waals surface area (Å²) < 4.78 is 1.36. The average Bonchev–Trinajstić information content (AvgIpc) is 2.81. The third-order valence-corrected chi connectivity index (χ3v) is 3.57. The summed E-state index contributed by atoms with van der Waals surface area (Å²) in [6.07, 6.45) is 0. The van der Waals surface area contributed by atoms with E-state index in [9.17, 15) is 4.79 Å². The molecule has 0 unspecified atom stereocenters. The van der Waals surface area contributed by atoms with Crippen LogP contribution in [0.2, 0.25) is 0 Å². The molecule has 7 heteroatoms. The Kier molecular flexibility index (Phi) is 3.94. The van der Waals surface area contributed by atoms with Gasteiger partial charge < -0.3 is 5.32 Å². The SMILES string of the molecule is CCNc1nnc(-c2cc(C(C)C)nn(C)c2=O)s1. The summed E-state index contributed by atoms with van der Waals surface area (Å²) >= 11 is 1.38. The number of nitrogens with zero attached hydrogens (tertiary/aromatic N) is 4. The highest BCUT2D eigenvalue weighted by Gasteiger charge is 2.14. The molecule has 0 saturated carbocycles. The van der Waals surface area contributed by atoms with E-state index in [0.717, 1.165) is 17.4 Å². The summed E-state index contributed by atoms with van der Waals surface area (Å²) in [6, 6.07) is 1.81. The molecule has 0 saturated heterocycles. The minimum absolute atomic E-state index is 0.149. The normalized spacial score (nSPS) is 11.0. The highest BCUT2D eigenvalue weighted by atomic mass is 32.1. The Balaban J connectivity index is 2.50. The smallest absolute Gasteiger partial charge is 0.276 e. The van der Waals surface area contributed by atoms with Gasteiger partial charge in [0, 0.05) is 13.6 Å². The molecule has 0 aromatic carbocycles. The van der Waals surface area contributed by atoms with Gasteiger partial charge in [-0.2, -0.15) is 5.10 Å². The van der Waals surface area contributed by atoms with Crippen LogP contribution in [0.25, 0.3) is 10.6 Å². The maximum absolute atomic E-state index is 12.1. The maximum Gasteiger partial charge on any atom is 0.276 e. The third kappa shape index (κ3) is 2.81. The van der Waals surface area contributed by atoms with Crippen LogP contribution >= 0.6 is 11.3 Å². The van der Waals surface area contributed by atoms with E-state index in [1.165, 1.54) is 16.0 Å². The van der Waals surface area contributed by atoms with E-state index >= 15 is 0 Å². The van der Waals surface area contributed by atoms with Gasteiger partial charge in [-0.15, -0.1) is 10.2 Å². The van der Waals surface area contributed by atoms with Gasteiger partial charge in [0.05, 0.1) is 11.3 Å². The molecule has 19 heavy (non-hydrogen) atoms. The van der Waals surface area contributed by atoms with Gasteiger partial charge in [-0.3, -0.25) is 4.79 Å². The van der Waals surface area contributed by atoms with Gasteiger partial charge in [-0.25, -0.2) is 4.68 Å². The molecular formula is C12H17N5OS. The molecule has 0 aliphatic heterocycles. The average molecular weight is 279 g/mol. The molecule has 0 fully saturated rings. The first kappa shape index (κ1) is 13.7. The van der Waals surface area contributed by atoms with Gasteiger partial charge in [-0.05, 0) is 18.9 Å². The lowest BCUT2D eigenvalue weighted by Gasteiger charge is -2.07. The molecule has 0 aliphatic rings. The lowest BCUT2D eigenvalue weighted by Crippen LogP contribution is -2.23. The lowest BCUT2D eigenvalue weighted by molar-refractivity contribution is 0.655. The van der Waals surface area contributed by atoms with Crippen LogP contribution in [0.4, 0.5) is 5.13 Å². The van der Waals surface area contributed by atoms with Gasteiger partial charge in [-0.1, -0.05) is 25.2 Å². The monoisotopic (exact) mass is 279 g/mol. The number of hydrogen-bond donors (Lipinski definition) is 1. The molecule has 102 valence electrons. The fourth-order valence-corrected chi connectivity index (χ4v) is 2.44. The van der Waals surface area contributed by atoms with Crippen LogP contribution in [0.5, 0.6) is 0 Å². The molecule has 0 aliphatic carbocycles. The van der Waals surface area contributed by atoms with E-state index in [2.05, 4.69) is 20.6 Å². The molecule has 1 N–H and O–H groups in total. The first-order chi connectivity index (χ1) is 9.02. The molecule has 2 heterocycles. The predicted octanol–water partition coefficient (Wildman–Crippen LogP) is 1.85. The molecule has 6 nitrogen and oxygen atoms in total. The minimum Gasteiger partial charge on any atom is -0.360 e. The number of aromatic nitrogens is 4. The van der Waals surface area contributed by atoms with Gasteiger partial charge in [0.2, 0.25) is 5.13 Å². The summed E-state index contributed by atoms with van der Waals surface area (Å²) in [5, 5.41) is 16.8. The third-order valence-electron chi connectivity index (χ3n) is 2.66.